The third kappa shape index (κ3) is 5.17. The first kappa shape index (κ1) is 26.7. The van der Waals surface area contributed by atoms with E-state index < -0.39 is 5.41 Å². The van der Waals surface area contributed by atoms with Gasteiger partial charge in [-0.05, 0) is 0 Å². The van der Waals surface area contributed by atoms with Gasteiger partial charge in [0.05, 0.1) is 0 Å². The molecule has 1 N–H and O–H groups in total. The molecule has 1 atom stereocenters. The van der Waals surface area contributed by atoms with E-state index in [1.807, 2.05) is 25.1 Å². The average molecular weight is 647 g/mol. The molecule has 3 aliphatic rings. The van der Waals surface area contributed by atoms with E-state index in [1.54, 1.807) is 13.2 Å². The number of amides is 1. The topological polar surface area (TPSA) is 93.5 Å². The van der Waals surface area contributed by atoms with Crippen molar-refractivity contribution >= 4 is 16.1 Å². The molecule has 0 bridgehead atoms. The van der Waals surface area contributed by atoms with Gasteiger partial charge < -0.3 is 0 Å². The molecule has 0 saturated carbocycles. The van der Waals surface area contributed by atoms with Crippen molar-refractivity contribution in [2.75, 3.05) is 33.5 Å². The predicted molar refractivity (Wildman–Crippen MR) is 147 cm³/mol. The van der Waals surface area contributed by atoms with Gasteiger partial charge in [0.15, 0.2) is 0 Å². The maximum atomic E-state index is 13.1. The molecule has 2 aromatic carbocycles. The molecule has 3 aliphatic heterocycles. The number of nitrogens with zero attached hydrogens (tertiary/aromatic N) is 2. The van der Waals surface area contributed by atoms with Crippen molar-refractivity contribution in [3.05, 3.63) is 91.0 Å². The Balaban J connectivity index is 1.22. The number of halogens is 1. The average Bonchev–Trinajstić information content (AvgIpc) is 3.16. The molecule has 0 unspecified atom stereocenters. The summed E-state index contributed by atoms with van der Waals surface area (Å²) in [6.07, 6.45) is 2.06. The maximum absolute atomic E-state index is 13.1. The van der Waals surface area contributed by atoms with Crippen LogP contribution in [0.15, 0.2) is 58.2 Å². The SMILES string of the molecule is COc1cc(C2COC2)ccc1-c1ccc2c(n1)=CC(CNC(=O)c1ccc3c(c1)[C@](C)(C#N)COC3)=C[I-]C=2. The summed E-state index contributed by atoms with van der Waals surface area (Å²) in [6.45, 7) is 4.53. The number of rotatable bonds is 6. The zero-order valence-electron chi connectivity index (χ0n) is 22.4. The summed E-state index contributed by atoms with van der Waals surface area (Å²) in [5.74, 6) is 1.05. The number of carbonyl (C=O) groups is 1. The van der Waals surface area contributed by atoms with Gasteiger partial charge in [-0.25, -0.2) is 0 Å². The zero-order chi connectivity index (χ0) is 27.7. The van der Waals surface area contributed by atoms with Crippen molar-refractivity contribution in [3.8, 4) is 23.1 Å². The minimum atomic E-state index is -0.760. The molecule has 40 heavy (non-hydrogen) atoms. The Bertz CT molecular complexity index is 1690. The molecule has 8 heteroatoms. The Morgan fingerprint density at radius 2 is 2.05 bits per heavy atom. The summed E-state index contributed by atoms with van der Waals surface area (Å²) < 4.78 is 21.1. The van der Waals surface area contributed by atoms with Crippen LogP contribution in [0.1, 0.15) is 39.9 Å². The van der Waals surface area contributed by atoms with Crippen LogP contribution in [-0.2, 0) is 21.5 Å². The van der Waals surface area contributed by atoms with Crippen LogP contribution >= 0.6 is 0 Å². The molecule has 0 spiro atoms. The van der Waals surface area contributed by atoms with E-state index >= 15 is 0 Å². The monoisotopic (exact) mass is 646 g/mol. The number of carbonyl (C=O) groups excluding carboxylic acids is 1. The Morgan fingerprint density at radius 1 is 1.18 bits per heavy atom. The summed E-state index contributed by atoms with van der Waals surface area (Å²) in [7, 11) is 1.69. The van der Waals surface area contributed by atoms with Crippen LogP contribution in [0.3, 0.4) is 0 Å². The van der Waals surface area contributed by atoms with Crippen molar-refractivity contribution in [3.63, 3.8) is 0 Å². The van der Waals surface area contributed by atoms with Crippen molar-refractivity contribution in [2.45, 2.75) is 24.9 Å². The Kier molecular flexibility index (Phi) is 7.45. The molecule has 6 rings (SSSR count). The molecule has 7 nitrogen and oxygen atoms in total. The number of aromatic nitrogens is 1. The third-order valence-corrected chi connectivity index (χ3v) is 9.78. The van der Waals surface area contributed by atoms with Gasteiger partial charge in [0.1, 0.15) is 0 Å². The van der Waals surface area contributed by atoms with Gasteiger partial charge in [0, 0.05) is 0 Å². The fourth-order valence-corrected chi connectivity index (χ4v) is 7.05. The number of hydrogen-bond donors (Lipinski definition) is 1. The van der Waals surface area contributed by atoms with Crippen molar-refractivity contribution in [1.82, 2.24) is 10.3 Å². The molecule has 4 heterocycles. The molecule has 1 saturated heterocycles. The van der Waals surface area contributed by atoms with Crippen LogP contribution in [0.4, 0.5) is 0 Å². The van der Waals surface area contributed by atoms with Crippen LogP contribution in [0.25, 0.3) is 21.4 Å². The molecular formula is C32H29IN3O4-. The number of pyridine rings is 1. The normalized spacial score (nSPS) is 20.0. The first-order chi connectivity index (χ1) is 19.5. The van der Waals surface area contributed by atoms with Crippen molar-refractivity contribution in [2.24, 2.45) is 0 Å². The summed E-state index contributed by atoms with van der Waals surface area (Å²) in [5.41, 5.74) is 5.64. The van der Waals surface area contributed by atoms with Crippen LogP contribution in [0.2, 0.25) is 0 Å². The fourth-order valence-electron chi connectivity index (χ4n) is 5.10. The quantitative estimate of drug-likeness (QED) is 0.383. The van der Waals surface area contributed by atoms with Crippen LogP contribution in [0, 0.1) is 11.3 Å². The van der Waals surface area contributed by atoms with Crippen molar-refractivity contribution < 1.29 is 40.2 Å². The molecular weight excluding hydrogens is 617 g/mol. The van der Waals surface area contributed by atoms with Gasteiger partial charge in [-0.1, -0.05) is 0 Å². The van der Waals surface area contributed by atoms with E-state index in [0.29, 0.717) is 31.2 Å². The number of methoxy groups -OCH3 is 1. The minimum absolute atomic E-state index is 0.168. The molecule has 0 radical (unpaired) electrons. The van der Waals surface area contributed by atoms with E-state index in [1.165, 1.54) is 5.56 Å². The standard InChI is InChI=1S/C32H29IN3O4/c1-32(18-34)19-40-15-24-4-3-22(10-27(24)32)31(37)35-14-20-9-29-23(13-33-12-20)6-8-28(36-29)26-7-5-21(11-30(26)38-2)25-16-39-17-25/h3-13,25H,14-17,19H2,1-2H3,(H,35,37)/q-1/t32-/m1/s1. The predicted octanol–water partition coefficient (Wildman–Crippen LogP) is 0.117. The number of ether oxygens (including phenoxy) is 3. The number of hydrogen-bond acceptors (Lipinski definition) is 6. The molecule has 204 valence electrons. The molecule has 0 aliphatic carbocycles. The number of nitrogens with one attached hydrogen (secondary N) is 1. The van der Waals surface area contributed by atoms with Gasteiger partial charge in [-0.2, -0.15) is 0 Å². The fraction of sp³-hybridized carbons (Fsp3) is 0.281. The molecule has 3 aromatic rings. The van der Waals surface area contributed by atoms with Crippen LogP contribution in [0.5, 0.6) is 5.75 Å². The molecule has 1 amide bonds. The summed E-state index contributed by atoms with van der Waals surface area (Å²) >= 11 is -0.331. The van der Waals surface area contributed by atoms with Crippen LogP contribution in [-0.4, -0.2) is 44.4 Å². The Labute approximate surface area is 243 Å². The van der Waals surface area contributed by atoms with E-state index in [4.69, 9.17) is 19.2 Å². The summed E-state index contributed by atoms with van der Waals surface area (Å²) in [5, 5.41) is 14.8. The summed E-state index contributed by atoms with van der Waals surface area (Å²) in [4.78, 5) is 18.1. The van der Waals surface area contributed by atoms with E-state index in [2.05, 4.69) is 49.9 Å². The number of fused-ring (bicyclic) bond motifs is 2. The summed E-state index contributed by atoms with van der Waals surface area (Å²) in [6, 6.07) is 18.3. The van der Waals surface area contributed by atoms with Crippen LogP contribution < -0.4 is 41.8 Å². The zero-order valence-corrected chi connectivity index (χ0v) is 24.5. The third-order valence-electron chi connectivity index (χ3n) is 7.59. The van der Waals surface area contributed by atoms with E-state index in [-0.39, 0.29) is 27.1 Å². The van der Waals surface area contributed by atoms with Gasteiger partial charge in [0.2, 0.25) is 0 Å². The Morgan fingerprint density at radius 3 is 2.83 bits per heavy atom. The van der Waals surface area contributed by atoms with E-state index in [9.17, 15) is 10.1 Å². The van der Waals surface area contributed by atoms with Gasteiger partial charge in [0.25, 0.3) is 0 Å². The first-order valence-electron chi connectivity index (χ1n) is 13.1. The number of nitriles is 1. The number of benzene rings is 2. The van der Waals surface area contributed by atoms with Crippen molar-refractivity contribution in [1.29, 1.82) is 5.26 Å². The Hall–Kier alpha value is -3.52. The molecule has 1 aromatic heterocycles. The van der Waals surface area contributed by atoms with E-state index in [0.717, 1.165) is 57.5 Å². The van der Waals surface area contributed by atoms with Gasteiger partial charge in [-0.3, -0.25) is 0 Å². The first-order valence-corrected chi connectivity index (χ1v) is 15.6. The molecule has 1 fully saturated rings. The van der Waals surface area contributed by atoms with Gasteiger partial charge in [-0.15, -0.1) is 0 Å². The van der Waals surface area contributed by atoms with Gasteiger partial charge >= 0.3 is 244 Å². The second kappa shape index (κ2) is 11.2. The second-order valence-corrected chi connectivity index (χ2v) is 12.4. The second-order valence-electron chi connectivity index (χ2n) is 10.4.